The number of rotatable bonds is 6. The summed E-state index contributed by atoms with van der Waals surface area (Å²) in [7, 11) is 0. The zero-order chi connectivity index (χ0) is 45.9. The number of fused-ring (bicyclic) bond motifs is 12. The van der Waals surface area contributed by atoms with Gasteiger partial charge in [0.25, 0.3) is 0 Å². The molecule has 0 atom stereocenters. The van der Waals surface area contributed by atoms with Gasteiger partial charge in [-0.15, -0.1) is 11.3 Å². The van der Waals surface area contributed by atoms with Gasteiger partial charge in [-0.05, 0) is 113 Å². The molecule has 5 heterocycles. The quantitative estimate of drug-likeness (QED) is 0.167. The Hall–Kier alpha value is -9.10. The van der Waals surface area contributed by atoms with Gasteiger partial charge in [0.05, 0.1) is 22.4 Å². The van der Waals surface area contributed by atoms with Gasteiger partial charge in [-0.3, -0.25) is 0 Å². The SMILES string of the molecule is c1ccc(-c2cc(-c3cccc4oc5ccc(-c6ccc7sc8cccc(-c9ccc%10c(c9)c9ccccc9n%10-c9ccccc9)c8c7c6)cc5c34)nc(-c3ccc4c(c3)oc3ccccc34)n2)cc1. The van der Waals surface area contributed by atoms with Crippen LogP contribution in [-0.2, 0) is 0 Å². The number of nitrogens with zero attached hydrogens (tertiary/aromatic N) is 3. The molecular formula is C64H37N3O2S. The molecule has 0 N–H and O–H groups in total. The number of hydrogen-bond donors (Lipinski definition) is 0. The lowest BCUT2D eigenvalue weighted by molar-refractivity contribution is 0.668. The Bertz CT molecular complexity index is 4600. The third kappa shape index (κ3) is 6.03. The normalized spacial score (nSPS) is 12.0. The van der Waals surface area contributed by atoms with Gasteiger partial charge >= 0.3 is 0 Å². The second-order valence-electron chi connectivity index (χ2n) is 18.0. The van der Waals surface area contributed by atoms with Crippen LogP contribution < -0.4 is 0 Å². The minimum Gasteiger partial charge on any atom is -0.456 e. The number of thiophene rings is 1. The smallest absolute Gasteiger partial charge is 0.160 e. The van der Waals surface area contributed by atoms with Crippen molar-refractivity contribution in [3.8, 4) is 61.8 Å². The summed E-state index contributed by atoms with van der Waals surface area (Å²) in [4.78, 5) is 10.5. The van der Waals surface area contributed by atoms with E-state index in [0.717, 1.165) is 88.8 Å². The summed E-state index contributed by atoms with van der Waals surface area (Å²) in [6.45, 7) is 0. The first-order chi connectivity index (χ1) is 34.7. The molecule has 0 aliphatic rings. The molecule has 0 saturated carbocycles. The molecule has 0 fully saturated rings. The minimum atomic E-state index is 0.624. The molecule has 15 aromatic rings. The molecule has 0 saturated heterocycles. The van der Waals surface area contributed by atoms with Gasteiger partial charge in [-0.2, -0.15) is 0 Å². The van der Waals surface area contributed by atoms with Gasteiger partial charge in [0.1, 0.15) is 22.3 Å². The van der Waals surface area contributed by atoms with Crippen LogP contribution in [0.15, 0.2) is 233 Å². The highest BCUT2D eigenvalue weighted by Gasteiger charge is 2.20. The molecular weight excluding hydrogens is 875 g/mol. The van der Waals surface area contributed by atoms with Gasteiger partial charge in [0.15, 0.2) is 5.82 Å². The molecule has 15 rings (SSSR count). The first-order valence-corrected chi connectivity index (χ1v) is 24.4. The maximum atomic E-state index is 6.62. The maximum Gasteiger partial charge on any atom is 0.160 e. The molecule has 0 bridgehead atoms. The summed E-state index contributed by atoms with van der Waals surface area (Å²) in [5, 5.41) is 9.23. The maximum absolute atomic E-state index is 6.62. The Morgan fingerprint density at radius 2 is 0.971 bits per heavy atom. The van der Waals surface area contributed by atoms with E-state index in [1.165, 1.54) is 53.1 Å². The fraction of sp³-hybridized carbons (Fsp3) is 0. The fourth-order valence-corrected chi connectivity index (χ4v) is 11.9. The van der Waals surface area contributed by atoms with E-state index in [-0.39, 0.29) is 0 Å². The summed E-state index contributed by atoms with van der Waals surface area (Å²) in [5.41, 5.74) is 16.1. The molecule has 0 aliphatic carbocycles. The number of aromatic nitrogens is 3. The van der Waals surface area contributed by atoms with Crippen LogP contribution in [0.3, 0.4) is 0 Å². The second-order valence-corrected chi connectivity index (χ2v) is 19.1. The van der Waals surface area contributed by atoms with Crippen LogP contribution in [0.2, 0.25) is 0 Å². The second kappa shape index (κ2) is 15.2. The largest absolute Gasteiger partial charge is 0.456 e. The van der Waals surface area contributed by atoms with Crippen molar-refractivity contribution in [3.05, 3.63) is 224 Å². The van der Waals surface area contributed by atoms with Gasteiger partial charge in [-0.25, -0.2) is 9.97 Å². The molecule has 5 aromatic heterocycles. The van der Waals surface area contributed by atoms with E-state index in [4.69, 9.17) is 18.8 Å². The standard InChI is InChI=1S/C64H37N3O2S/c1-3-13-38(14-4-1)52-37-53(66-64(65-52)42-25-29-47-46-18-8-10-22-56(46)69-59(47)36-42)48-20-11-23-58-62(48)50-33-39(27-31-57(50)68-58)40-28-32-60-51(34-40)63-44(19-12-24-61(63)70-60)41-26-30-55-49(35-41)45-17-7-9-21-54(45)67(55)43-15-5-2-6-16-43/h1-37H. The van der Waals surface area contributed by atoms with Crippen LogP contribution in [0.4, 0.5) is 0 Å². The van der Waals surface area contributed by atoms with E-state index in [9.17, 15) is 0 Å². The average Bonchev–Trinajstić information content (AvgIpc) is 4.19. The van der Waals surface area contributed by atoms with Crippen LogP contribution in [0, 0.1) is 0 Å². The Morgan fingerprint density at radius 3 is 1.87 bits per heavy atom. The third-order valence-electron chi connectivity index (χ3n) is 14.0. The fourth-order valence-electron chi connectivity index (χ4n) is 10.8. The summed E-state index contributed by atoms with van der Waals surface area (Å²) < 4.78 is 17.9. The first-order valence-electron chi connectivity index (χ1n) is 23.5. The van der Waals surface area contributed by atoms with Crippen molar-refractivity contribution in [2.45, 2.75) is 0 Å². The summed E-state index contributed by atoms with van der Waals surface area (Å²) in [6, 6.07) is 79.7. The van der Waals surface area contributed by atoms with E-state index in [1.807, 2.05) is 47.7 Å². The van der Waals surface area contributed by atoms with E-state index < -0.39 is 0 Å². The van der Waals surface area contributed by atoms with Crippen molar-refractivity contribution < 1.29 is 8.83 Å². The van der Waals surface area contributed by atoms with Gasteiger partial charge in [0, 0.05) is 74.9 Å². The molecule has 6 heteroatoms. The molecule has 0 amide bonds. The molecule has 0 unspecified atom stereocenters. The number of para-hydroxylation sites is 3. The first kappa shape index (κ1) is 38.9. The lowest BCUT2D eigenvalue weighted by atomic mass is 9.95. The van der Waals surface area contributed by atoms with Crippen LogP contribution in [-0.4, -0.2) is 14.5 Å². The topological polar surface area (TPSA) is 57.0 Å². The Balaban J connectivity index is 0.870. The van der Waals surface area contributed by atoms with Crippen LogP contribution >= 0.6 is 11.3 Å². The molecule has 0 aliphatic heterocycles. The Kier molecular flexibility index (Phi) is 8.46. The van der Waals surface area contributed by atoms with Crippen LogP contribution in [0.25, 0.3) is 148 Å². The summed E-state index contributed by atoms with van der Waals surface area (Å²) in [5.74, 6) is 0.624. The van der Waals surface area contributed by atoms with Crippen molar-refractivity contribution in [1.82, 2.24) is 14.5 Å². The Morgan fingerprint density at radius 1 is 0.329 bits per heavy atom. The molecule has 326 valence electrons. The van der Waals surface area contributed by atoms with Gasteiger partial charge < -0.3 is 13.4 Å². The van der Waals surface area contributed by atoms with Crippen molar-refractivity contribution in [1.29, 1.82) is 0 Å². The van der Waals surface area contributed by atoms with Crippen molar-refractivity contribution >= 4 is 97.2 Å². The van der Waals surface area contributed by atoms with Crippen LogP contribution in [0.5, 0.6) is 0 Å². The minimum absolute atomic E-state index is 0.624. The van der Waals surface area contributed by atoms with E-state index >= 15 is 0 Å². The number of hydrogen-bond acceptors (Lipinski definition) is 5. The monoisotopic (exact) mass is 911 g/mol. The number of furan rings is 2. The predicted octanol–water partition coefficient (Wildman–Crippen LogP) is 18.1. The highest BCUT2D eigenvalue weighted by Crippen LogP contribution is 2.45. The number of benzene rings is 10. The van der Waals surface area contributed by atoms with Crippen molar-refractivity contribution in [3.63, 3.8) is 0 Å². The van der Waals surface area contributed by atoms with Gasteiger partial charge in [0.2, 0.25) is 0 Å². The summed E-state index contributed by atoms with van der Waals surface area (Å²) in [6.07, 6.45) is 0. The van der Waals surface area contributed by atoms with Crippen LogP contribution in [0.1, 0.15) is 0 Å². The average molecular weight is 912 g/mol. The van der Waals surface area contributed by atoms with E-state index in [2.05, 4.69) is 193 Å². The molecule has 0 spiro atoms. The lowest BCUT2D eigenvalue weighted by Crippen LogP contribution is -1.96. The molecule has 0 radical (unpaired) electrons. The van der Waals surface area contributed by atoms with E-state index in [0.29, 0.717) is 5.82 Å². The zero-order valence-electron chi connectivity index (χ0n) is 37.4. The van der Waals surface area contributed by atoms with Crippen molar-refractivity contribution in [2.75, 3.05) is 0 Å². The predicted molar refractivity (Wildman–Crippen MR) is 291 cm³/mol. The zero-order valence-corrected chi connectivity index (χ0v) is 38.2. The molecule has 70 heavy (non-hydrogen) atoms. The molecule has 10 aromatic carbocycles. The Labute approximate surface area is 404 Å². The van der Waals surface area contributed by atoms with Gasteiger partial charge in [-0.1, -0.05) is 133 Å². The summed E-state index contributed by atoms with van der Waals surface area (Å²) >= 11 is 1.85. The lowest BCUT2D eigenvalue weighted by Gasteiger charge is -2.10. The van der Waals surface area contributed by atoms with E-state index in [1.54, 1.807) is 0 Å². The third-order valence-corrected chi connectivity index (χ3v) is 15.2. The highest BCUT2D eigenvalue weighted by atomic mass is 32.1. The highest BCUT2D eigenvalue weighted by molar-refractivity contribution is 7.26. The van der Waals surface area contributed by atoms with Crippen molar-refractivity contribution in [2.24, 2.45) is 0 Å². The molecule has 5 nitrogen and oxygen atoms in total.